The highest BCUT2D eigenvalue weighted by atomic mass is 35.5. The Bertz CT molecular complexity index is 3930. The summed E-state index contributed by atoms with van der Waals surface area (Å²) in [6, 6.07) is 33.4. The van der Waals surface area contributed by atoms with Crippen LogP contribution in [-0.4, -0.2) is 145 Å². The number of fused-ring (bicyclic) bond motifs is 1. The van der Waals surface area contributed by atoms with Gasteiger partial charge in [0, 0.05) is 116 Å². The van der Waals surface area contributed by atoms with Crippen LogP contribution >= 0.6 is 68.8 Å². The van der Waals surface area contributed by atoms with Gasteiger partial charge in [0.15, 0.2) is 11.5 Å². The lowest BCUT2D eigenvalue weighted by Gasteiger charge is -2.32. The van der Waals surface area contributed by atoms with E-state index >= 15 is 0 Å². The van der Waals surface area contributed by atoms with Crippen LogP contribution in [0, 0.1) is 5.95 Å². The molecule has 17 nitrogen and oxygen atoms in total. The van der Waals surface area contributed by atoms with Gasteiger partial charge in [0.05, 0.1) is 34.3 Å². The van der Waals surface area contributed by atoms with Crippen molar-refractivity contribution in [2.75, 3.05) is 115 Å². The fourth-order valence-corrected chi connectivity index (χ4v) is 13.3. The summed E-state index contributed by atoms with van der Waals surface area (Å²) in [6.07, 6.45) is 7.63. The summed E-state index contributed by atoms with van der Waals surface area (Å²) >= 11 is 22.9. The van der Waals surface area contributed by atoms with Gasteiger partial charge in [-0.3, -0.25) is 19.3 Å². The van der Waals surface area contributed by atoms with E-state index in [2.05, 4.69) is 82.8 Å². The molecule has 2 saturated heterocycles. The van der Waals surface area contributed by atoms with Gasteiger partial charge >= 0.3 is 0 Å². The molecule has 6 aromatic heterocycles. The van der Waals surface area contributed by atoms with Crippen molar-refractivity contribution in [3.8, 4) is 50.6 Å². The zero-order chi connectivity index (χ0) is 63.6. The molecule has 0 unspecified atom stereocenters. The number of carbonyl (C=O) groups excluding carboxylic acids is 3. The molecule has 2 fully saturated rings. The smallest absolute Gasteiger partial charge is 0.231 e. The van der Waals surface area contributed by atoms with Gasteiger partial charge in [0.25, 0.3) is 0 Å². The number of nitrogen functional groups attached to an aromatic ring is 1. The van der Waals surface area contributed by atoms with E-state index in [0.29, 0.717) is 67.4 Å². The van der Waals surface area contributed by atoms with Crippen molar-refractivity contribution in [3.63, 3.8) is 0 Å². The summed E-state index contributed by atoms with van der Waals surface area (Å²) < 4.78 is 29.8. The Morgan fingerprint density at radius 1 is 0.565 bits per heavy atom. The maximum atomic E-state index is 13.3. The molecule has 9 heterocycles. The zero-order valence-electron chi connectivity index (χ0n) is 50.3. The van der Waals surface area contributed by atoms with E-state index in [1.165, 1.54) is 51.8 Å². The van der Waals surface area contributed by atoms with Crippen molar-refractivity contribution in [1.29, 1.82) is 0 Å². The number of nitrogens with two attached hydrogens (primary N) is 1. The Morgan fingerprint density at radius 2 is 1.09 bits per heavy atom. The van der Waals surface area contributed by atoms with Gasteiger partial charge in [0.2, 0.25) is 30.5 Å². The number of ether oxygens (including phenoxy) is 3. The number of nitrogens with zero attached hydrogens (tertiary/aromatic N) is 7. The number of aryl methyl sites for hydroxylation is 1. The van der Waals surface area contributed by atoms with E-state index < -0.39 is 5.95 Å². The van der Waals surface area contributed by atoms with Crippen molar-refractivity contribution in [2.24, 2.45) is 0 Å². The second-order valence-corrected chi connectivity index (χ2v) is 26.0. The lowest BCUT2D eigenvalue weighted by Crippen LogP contribution is -2.45. The fourth-order valence-electron chi connectivity index (χ4n) is 10.2. The fraction of sp³-hybridized carbons (Fsp3) is 0.294. The van der Waals surface area contributed by atoms with Crippen molar-refractivity contribution in [2.45, 2.75) is 39.5 Å². The van der Waals surface area contributed by atoms with Crippen LogP contribution in [0.15, 0.2) is 144 Å². The number of rotatable bonds is 20. The van der Waals surface area contributed by atoms with Crippen molar-refractivity contribution in [3.05, 3.63) is 187 Å². The van der Waals surface area contributed by atoms with Crippen LogP contribution in [0.1, 0.15) is 36.1 Å². The van der Waals surface area contributed by atoms with Crippen LogP contribution in [0.2, 0.25) is 15.2 Å². The summed E-state index contributed by atoms with van der Waals surface area (Å²) in [5.41, 5.74) is 15.0. The first-order valence-electron chi connectivity index (χ1n) is 29.6. The van der Waals surface area contributed by atoms with E-state index in [0.717, 1.165) is 127 Å². The Kier molecular flexibility index (Phi) is 25.3. The minimum atomic E-state index is -0.536. The Hall–Kier alpha value is -7.54. The topological polar surface area (TPSA) is 193 Å². The van der Waals surface area contributed by atoms with E-state index in [9.17, 15) is 18.8 Å². The minimum Gasteiger partial charge on any atom is -0.492 e. The highest BCUT2D eigenvalue weighted by molar-refractivity contribution is 7.15. The molecule has 0 bridgehead atoms. The summed E-state index contributed by atoms with van der Waals surface area (Å²) in [5, 5.41) is 18.3. The van der Waals surface area contributed by atoms with Crippen LogP contribution in [0.25, 0.3) is 33.4 Å². The number of benzene rings is 3. The molecule has 3 aromatic carbocycles. The number of thiophene rings is 3. The van der Waals surface area contributed by atoms with Crippen LogP contribution in [0.5, 0.6) is 17.2 Å². The normalized spacial score (nSPS) is 14.0. The first-order valence-corrected chi connectivity index (χ1v) is 33.4. The first kappa shape index (κ1) is 68.8. The third-order valence-corrected chi connectivity index (χ3v) is 18.7. The van der Waals surface area contributed by atoms with Crippen LogP contribution in [0.4, 0.5) is 25.2 Å². The van der Waals surface area contributed by atoms with Crippen molar-refractivity contribution in [1.82, 2.24) is 34.6 Å². The van der Waals surface area contributed by atoms with E-state index in [1.807, 2.05) is 70.7 Å². The Labute approximate surface area is 563 Å². The van der Waals surface area contributed by atoms with Crippen LogP contribution in [-0.2, 0) is 40.1 Å². The SMILES string of the molecule is C.CN1CCN(CCCc2cccc(CC(=O)Nc3cc(-c4ccnc(N)c4)cs3)c2)CC1.CN1CCN(CCOc2ccc(CC(=O)Nc3cc(-c4ccnc(F)c4)cs3)c(Cl)c2)CC1.O=C(Cc1cc2c(cc1Cl)OCO2)Nc1cc(-c2ccnc(Cl)c2)cs1. The number of halogens is 4. The monoisotopic (exact) mass is 1360 g/mol. The average Bonchev–Trinajstić information content (AvgIpc) is 2.53. The maximum Gasteiger partial charge on any atom is 0.231 e. The van der Waals surface area contributed by atoms with Gasteiger partial charge in [-0.15, -0.1) is 34.0 Å². The number of hydrogen-bond acceptors (Lipinski definition) is 17. The molecule has 92 heavy (non-hydrogen) atoms. The molecule has 3 aliphatic heterocycles. The molecule has 0 atom stereocenters. The first-order chi connectivity index (χ1) is 44.1. The largest absolute Gasteiger partial charge is 0.492 e. The van der Waals surface area contributed by atoms with Gasteiger partial charge in [-0.2, -0.15) is 4.39 Å². The van der Waals surface area contributed by atoms with E-state index in [-0.39, 0.29) is 44.8 Å². The average molecular weight is 1360 g/mol. The zero-order valence-corrected chi connectivity index (χ0v) is 55.0. The number of anilines is 4. The number of pyridine rings is 3. The maximum absolute atomic E-state index is 13.3. The highest BCUT2D eigenvalue weighted by Gasteiger charge is 2.20. The number of aromatic nitrogens is 3. The molecular weight excluding hydrogens is 1290 g/mol. The van der Waals surface area contributed by atoms with Crippen molar-refractivity contribution < 1.29 is 33.0 Å². The standard InChI is InChI=1S/C25H31N5OS.C24H26ClFN4O2S.C18H12Cl2N2O3S.CH4/c1-29-10-12-30(13-11-29)9-3-6-19-4-2-5-20(14-19)15-24(31)28-25-17-22(18-32-25)21-7-8-27-23(26)16-21;1-29-6-8-30(9-7-29)10-11-32-20-3-2-18(21(25)15-20)13-23(31)28-24-14-19(16-33-24)17-4-5-27-22(26)12-17;19-13-7-15-14(24-9-25-15)3-11(13)5-17(23)22-18-6-12(8-26-18)10-1-2-21-16(20)4-10;/h2,4-5,7-8,14,16-18H,3,6,9-13,15H2,1H3,(H2,26,27)(H,28,31);2-5,12,14-16H,6-11,13H2,1H3,(H,28,31);1-4,6-8H,5,9H2,(H,22,23);1H4. The molecule has 482 valence electrons. The molecule has 3 aliphatic rings. The van der Waals surface area contributed by atoms with Gasteiger partial charge < -0.3 is 50.6 Å². The second-order valence-electron chi connectivity index (χ2n) is 22.1. The Morgan fingerprint density at radius 3 is 1.67 bits per heavy atom. The number of amides is 3. The van der Waals surface area contributed by atoms with Gasteiger partial charge in [0.1, 0.15) is 23.3 Å². The summed E-state index contributed by atoms with van der Waals surface area (Å²) in [6.45, 7) is 11.7. The predicted octanol–water partition coefficient (Wildman–Crippen LogP) is 13.8. The highest BCUT2D eigenvalue weighted by Crippen LogP contribution is 2.38. The molecule has 0 radical (unpaired) electrons. The molecular formula is C68H73Cl3FN11O6S3. The molecule has 0 spiro atoms. The third kappa shape index (κ3) is 20.7. The molecule has 24 heteroatoms. The number of likely N-dealkylation sites (N-methyl/N-ethyl adjacent to an activating group) is 2. The van der Waals surface area contributed by atoms with Gasteiger partial charge in [-0.05, 0) is 156 Å². The van der Waals surface area contributed by atoms with Crippen LogP contribution < -0.4 is 35.9 Å². The predicted molar refractivity (Wildman–Crippen MR) is 373 cm³/mol. The number of nitrogens with one attached hydrogen (secondary N) is 3. The molecule has 5 N–H and O–H groups in total. The van der Waals surface area contributed by atoms with Gasteiger partial charge in [-0.25, -0.2) is 15.0 Å². The lowest BCUT2D eigenvalue weighted by molar-refractivity contribution is -0.116. The minimum absolute atomic E-state index is 0. The molecule has 9 aromatic rings. The number of hydrogen-bond donors (Lipinski definition) is 4. The molecule has 0 aliphatic carbocycles. The van der Waals surface area contributed by atoms with Crippen LogP contribution in [0.3, 0.4) is 0 Å². The van der Waals surface area contributed by atoms with E-state index in [1.54, 1.807) is 42.7 Å². The Balaban J connectivity index is 0.000000163. The lowest BCUT2D eigenvalue weighted by atomic mass is 10.0. The molecule has 12 rings (SSSR count). The second kappa shape index (κ2) is 33.9. The van der Waals surface area contributed by atoms with Gasteiger partial charge in [-0.1, -0.05) is 72.6 Å². The van der Waals surface area contributed by atoms with Crippen molar-refractivity contribution >= 4 is 107 Å². The third-order valence-electron chi connectivity index (χ3n) is 15.3. The summed E-state index contributed by atoms with van der Waals surface area (Å²) in [7, 11) is 4.33. The number of piperazine rings is 2. The molecule has 3 amide bonds. The summed E-state index contributed by atoms with van der Waals surface area (Å²) in [4.78, 5) is 58.7. The number of carbonyl (C=O) groups is 3. The van der Waals surface area contributed by atoms with E-state index in [4.69, 9.17) is 54.7 Å². The molecule has 0 saturated carbocycles. The summed E-state index contributed by atoms with van der Waals surface area (Å²) in [5.74, 6) is 1.52. The quantitative estimate of drug-likeness (QED) is 0.0527.